The molecule has 4 atom stereocenters. The van der Waals surface area contributed by atoms with Crippen LogP contribution >= 0.6 is 0 Å². The third-order valence-electron chi connectivity index (χ3n) is 8.63. The van der Waals surface area contributed by atoms with Crippen molar-refractivity contribution in [3.05, 3.63) is 78.1 Å². The summed E-state index contributed by atoms with van der Waals surface area (Å²) in [5, 5.41) is 10.2. The number of nitrogens with one attached hydrogen (secondary N) is 1. The molecule has 0 aliphatic carbocycles. The van der Waals surface area contributed by atoms with Gasteiger partial charge in [-0.15, -0.1) is 0 Å². The Morgan fingerprint density at radius 1 is 1.02 bits per heavy atom. The molecule has 1 aliphatic rings. The SMILES string of the molecule is COc1ccc(S(=O)(=O)Nc2ccc3c(c2)C(=O)N([C@@H](C)CO)C[C@H](C)[C@H](CN(C)S(=O)(=O)c2ccc(F)cc2)OCCCC[C@H](C)O3)cc1. The molecule has 12 nitrogen and oxygen atoms in total. The fourth-order valence-electron chi connectivity index (χ4n) is 5.56. The van der Waals surface area contributed by atoms with E-state index in [0.717, 1.165) is 22.9 Å². The number of carbonyl (C=O) groups is 1. The second-order valence-electron chi connectivity index (χ2n) is 12.5. The van der Waals surface area contributed by atoms with E-state index in [1.807, 2.05) is 13.8 Å². The van der Waals surface area contributed by atoms with Gasteiger partial charge in [-0.25, -0.2) is 21.2 Å². The van der Waals surface area contributed by atoms with Crippen LogP contribution in [-0.4, -0.2) is 95.8 Å². The number of likely N-dealkylation sites (N-methyl/N-ethyl adjacent to an activating group) is 1. The third-order valence-corrected chi connectivity index (χ3v) is 11.9. The zero-order valence-electron chi connectivity index (χ0n) is 28.9. The molecular formula is C35H46FN3O9S2. The molecule has 274 valence electrons. The summed E-state index contributed by atoms with van der Waals surface area (Å²) >= 11 is 0. The van der Waals surface area contributed by atoms with Crippen molar-refractivity contribution in [1.29, 1.82) is 0 Å². The summed E-state index contributed by atoms with van der Waals surface area (Å²) in [7, 11) is -5.13. The molecule has 0 bridgehead atoms. The Labute approximate surface area is 294 Å². The highest BCUT2D eigenvalue weighted by atomic mass is 32.2. The molecule has 3 aromatic carbocycles. The topological polar surface area (TPSA) is 152 Å². The maximum absolute atomic E-state index is 14.4. The van der Waals surface area contributed by atoms with E-state index in [4.69, 9.17) is 14.2 Å². The summed E-state index contributed by atoms with van der Waals surface area (Å²) in [5.74, 6) is -0.752. The minimum Gasteiger partial charge on any atom is -0.497 e. The van der Waals surface area contributed by atoms with Gasteiger partial charge in [-0.3, -0.25) is 9.52 Å². The number of aliphatic hydroxyl groups excluding tert-OH is 1. The number of hydrogen-bond donors (Lipinski definition) is 2. The first-order chi connectivity index (χ1) is 23.7. The van der Waals surface area contributed by atoms with Crippen LogP contribution in [0.4, 0.5) is 10.1 Å². The number of nitrogens with zero attached hydrogens (tertiary/aromatic N) is 2. The number of aliphatic hydroxyl groups is 1. The summed E-state index contributed by atoms with van der Waals surface area (Å²) in [6.07, 6.45) is 1.05. The van der Waals surface area contributed by atoms with E-state index in [1.54, 1.807) is 13.0 Å². The van der Waals surface area contributed by atoms with Crippen LogP contribution in [-0.2, 0) is 24.8 Å². The predicted octanol–water partition coefficient (Wildman–Crippen LogP) is 4.75. The number of fused-ring (bicyclic) bond motifs is 1. The fourth-order valence-corrected chi connectivity index (χ4v) is 7.79. The molecule has 0 saturated carbocycles. The average molecular weight is 736 g/mol. The smallest absolute Gasteiger partial charge is 0.261 e. The highest BCUT2D eigenvalue weighted by Crippen LogP contribution is 2.30. The zero-order chi connectivity index (χ0) is 36.6. The first kappa shape index (κ1) is 39.0. The maximum atomic E-state index is 14.4. The summed E-state index contributed by atoms with van der Waals surface area (Å²) in [5.41, 5.74) is 0.216. The van der Waals surface area contributed by atoms with Crippen LogP contribution in [0.3, 0.4) is 0 Å². The van der Waals surface area contributed by atoms with Crippen molar-refractivity contribution in [3.63, 3.8) is 0 Å². The normalized spacial score (nSPS) is 20.4. The minimum atomic E-state index is -4.04. The van der Waals surface area contributed by atoms with Crippen molar-refractivity contribution < 1.29 is 45.3 Å². The zero-order valence-corrected chi connectivity index (χ0v) is 30.5. The Morgan fingerprint density at radius 2 is 1.68 bits per heavy atom. The second-order valence-corrected chi connectivity index (χ2v) is 16.3. The molecule has 0 spiro atoms. The van der Waals surface area contributed by atoms with Gasteiger partial charge in [0, 0.05) is 38.3 Å². The van der Waals surface area contributed by atoms with Crippen molar-refractivity contribution in [2.75, 3.05) is 45.2 Å². The number of amides is 1. The Kier molecular flexibility index (Phi) is 13.2. The van der Waals surface area contributed by atoms with Crippen molar-refractivity contribution in [2.24, 2.45) is 5.92 Å². The van der Waals surface area contributed by atoms with Gasteiger partial charge in [0.1, 0.15) is 17.3 Å². The van der Waals surface area contributed by atoms with Gasteiger partial charge < -0.3 is 24.2 Å². The molecule has 0 aromatic heterocycles. The lowest BCUT2D eigenvalue weighted by atomic mass is 10.0. The van der Waals surface area contributed by atoms with Gasteiger partial charge in [-0.05, 0) is 99.8 Å². The second kappa shape index (κ2) is 17.0. The molecule has 0 unspecified atom stereocenters. The van der Waals surface area contributed by atoms with Gasteiger partial charge in [-0.2, -0.15) is 4.31 Å². The number of sulfonamides is 2. The Hall–Kier alpha value is -3.76. The number of ether oxygens (including phenoxy) is 3. The van der Waals surface area contributed by atoms with Crippen molar-refractivity contribution in [3.8, 4) is 11.5 Å². The van der Waals surface area contributed by atoms with E-state index < -0.39 is 49.8 Å². The quantitative estimate of drug-likeness (QED) is 0.301. The van der Waals surface area contributed by atoms with Crippen LogP contribution in [0.25, 0.3) is 0 Å². The lowest BCUT2D eigenvalue weighted by molar-refractivity contribution is -0.00834. The number of carbonyl (C=O) groups excluding carboxylic acids is 1. The van der Waals surface area contributed by atoms with Crippen LogP contribution in [0.15, 0.2) is 76.5 Å². The van der Waals surface area contributed by atoms with Crippen molar-refractivity contribution >= 4 is 31.6 Å². The van der Waals surface area contributed by atoms with E-state index in [1.165, 1.54) is 67.6 Å². The third kappa shape index (κ3) is 9.72. The van der Waals surface area contributed by atoms with Gasteiger partial charge in [0.05, 0.1) is 47.3 Å². The number of halogens is 1. The minimum absolute atomic E-state index is 0.00334. The number of anilines is 1. The molecule has 0 fully saturated rings. The lowest BCUT2D eigenvalue weighted by Gasteiger charge is -2.35. The van der Waals surface area contributed by atoms with Crippen LogP contribution in [0.2, 0.25) is 0 Å². The highest BCUT2D eigenvalue weighted by molar-refractivity contribution is 7.92. The van der Waals surface area contributed by atoms with Crippen LogP contribution in [0.1, 0.15) is 50.4 Å². The van der Waals surface area contributed by atoms with Crippen LogP contribution in [0, 0.1) is 11.7 Å². The standard InChI is InChI=1S/C35H46FN3O9S2/c1-24-21-39(25(2)23-40)35(41)32-20-28(37-49(42,43)30-16-12-29(46-5)13-17-30)11-18-33(32)48-26(3)8-6-7-19-47-34(24)22-38(4)50(44,45)31-14-9-27(36)10-15-31/h9-18,20,24-26,34,37,40H,6-8,19,21-23H2,1-5H3/t24-,25-,26-,34-/m0/s1. The van der Waals surface area contributed by atoms with Crippen molar-refractivity contribution in [1.82, 2.24) is 9.21 Å². The number of benzene rings is 3. The average Bonchev–Trinajstić information content (AvgIpc) is 3.09. The molecule has 3 aromatic rings. The summed E-state index contributed by atoms with van der Waals surface area (Å²) in [6, 6.07) is 14.2. The highest BCUT2D eigenvalue weighted by Gasteiger charge is 2.32. The monoisotopic (exact) mass is 735 g/mol. The lowest BCUT2D eigenvalue weighted by Crippen LogP contribution is -2.48. The van der Waals surface area contributed by atoms with E-state index in [2.05, 4.69) is 4.72 Å². The van der Waals surface area contributed by atoms with E-state index in [0.29, 0.717) is 25.2 Å². The Morgan fingerprint density at radius 3 is 2.32 bits per heavy atom. The summed E-state index contributed by atoms with van der Waals surface area (Å²) in [6.45, 7) is 5.35. The van der Waals surface area contributed by atoms with E-state index in [-0.39, 0.29) is 52.6 Å². The van der Waals surface area contributed by atoms with Gasteiger partial charge in [-0.1, -0.05) is 6.92 Å². The molecule has 15 heteroatoms. The number of methoxy groups -OCH3 is 1. The van der Waals surface area contributed by atoms with E-state index in [9.17, 15) is 31.1 Å². The van der Waals surface area contributed by atoms with Gasteiger partial charge in [0.2, 0.25) is 10.0 Å². The first-order valence-corrected chi connectivity index (χ1v) is 19.3. The summed E-state index contributed by atoms with van der Waals surface area (Å²) in [4.78, 5) is 15.8. The van der Waals surface area contributed by atoms with Gasteiger partial charge in [0.25, 0.3) is 15.9 Å². The van der Waals surface area contributed by atoms with Gasteiger partial charge >= 0.3 is 0 Å². The molecule has 1 heterocycles. The molecule has 2 N–H and O–H groups in total. The molecule has 1 amide bonds. The number of hydrogen-bond acceptors (Lipinski definition) is 9. The fraction of sp³-hybridized carbons (Fsp3) is 0.457. The molecule has 0 radical (unpaired) electrons. The Balaban J connectivity index is 1.67. The Bertz CT molecular complexity index is 1810. The molecule has 50 heavy (non-hydrogen) atoms. The van der Waals surface area contributed by atoms with Crippen molar-refractivity contribution in [2.45, 2.75) is 68.1 Å². The molecule has 0 saturated heterocycles. The van der Waals surface area contributed by atoms with Crippen LogP contribution < -0.4 is 14.2 Å². The maximum Gasteiger partial charge on any atom is 0.261 e. The van der Waals surface area contributed by atoms with Gasteiger partial charge in [0.15, 0.2) is 0 Å². The number of rotatable bonds is 10. The summed E-state index contributed by atoms with van der Waals surface area (Å²) < 4.78 is 88.0. The largest absolute Gasteiger partial charge is 0.497 e. The predicted molar refractivity (Wildman–Crippen MR) is 187 cm³/mol. The van der Waals surface area contributed by atoms with Crippen LogP contribution in [0.5, 0.6) is 11.5 Å². The molecular weight excluding hydrogens is 690 g/mol. The van der Waals surface area contributed by atoms with E-state index >= 15 is 0 Å². The first-order valence-electron chi connectivity index (χ1n) is 16.4. The molecule has 1 aliphatic heterocycles. The molecule has 4 rings (SSSR count).